The van der Waals surface area contributed by atoms with Gasteiger partial charge in [0.05, 0.1) is 0 Å². The summed E-state index contributed by atoms with van der Waals surface area (Å²) in [7, 11) is 0. The molecule has 122 valence electrons. The fourth-order valence-electron chi connectivity index (χ4n) is 4.85. The molecule has 2 aliphatic heterocycles. The number of nitrogens with zero attached hydrogens (tertiary/aromatic N) is 2. The van der Waals surface area contributed by atoms with E-state index in [4.69, 9.17) is 0 Å². The Bertz CT molecular complexity index is 308. The first kappa shape index (κ1) is 15.8. The van der Waals surface area contributed by atoms with Crippen molar-refractivity contribution in [1.29, 1.82) is 0 Å². The van der Waals surface area contributed by atoms with E-state index in [1.165, 1.54) is 64.8 Å². The first-order chi connectivity index (χ1) is 10.2. The molecule has 0 spiro atoms. The summed E-state index contributed by atoms with van der Waals surface area (Å²) in [4.78, 5) is 5.33. The van der Waals surface area contributed by atoms with Crippen molar-refractivity contribution < 1.29 is 0 Å². The summed E-state index contributed by atoms with van der Waals surface area (Å²) < 4.78 is 0. The summed E-state index contributed by atoms with van der Waals surface area (Å²) in [6.45, 7) is 13.5. The molecule has 3 fully saturated rings. The van der Waals surface area contributed by atoms with Crippen LogP contribution >= 0.6 is 0 Å². The monoisotopic (exact) mass is 293 g/mol. The quantitative estimate of drug-likeness (QED) is 0.859. The predicted molar refractivity (Wildman–Crippen MR) is 89.6 cm³/mol. The Hall–Kier alpha value is -0.120. The lowest BCUT2D eigenvalue weighted by Gasteiger charge is -2.50. The van der Waals surface area contributed by atoms with Gasteiger partial charge in [-0.15, -0.1) is 0 Å². The Morgan fingerprint density at radius 2 is 1.62 bits per heavy atom. The lowest BCUT2D eigenvalue weighted by molar-refractivity contribution is 0.0208. The summed E-state index contributed by atoms with van der Waals surface area (Å²) in [6, 6.07) is 2.32. The normalized spacial score (nSPS) is 36.3. The third-order valence-electron chi connectivity index (χ3n) is 6.30. The number of fused-ring (bicyclic) bond motifs is 2. The Morgan fingerprint density at radius 1 is 1.00 bits per heavy atom. The summed E-state index contributed by atoms with van der Waals surface area (Å²) in [6.07, 6.45) is 7.08. The SMILES string of the molecule is CCN1CCC(NC2C3CCCC2CN(C(C)C)C3)CC1. The molecule has 2 heterocycles. The molecule has 2 bridgehead atoms. The second-order valence-corrected chi connectivity index (χ2v) is 7.90. The molecule has 1 aliphatic carbocycles. The summed E-state index contributed by atoms with van der Waals surface area (Å²) in [5.74, 6) is 1.81. The van der Waals surface area contributed by atoms with Crippen LogP contribution in [-0.2, 0) is 0 Å². The Labute approximate surface area is 131 Å². The maximum Gasteiger partial charge on any atom is 0.0151 e. The second kappa shape index (κ2) is 6.97. The first-order valence-electron chi connectivity index (χ1n) is 9.39. The van der Waals surface area contributed by atoms with Gasteiger partial charge >= 0.3 is 0 Å². The zero-order valence-corrected chi connectivity index (χ0v) is 14.4. The number of hydrogen-bond donors (Lipinski definition) is 1. The lowest BCUT2D eigenvalue weighted by Crippen LogP contribution is -2.60. The van der Waals surface area contributed by atoms with Crippen molar-refractivity contribution in [2.45, 2.75) is 71.0 Å². The summed E-state index contributed by atoms with van der Waals surface area (Å²) >= 11 is 0. The fraction of sp³-hybridized carbons (Fsp3) is 1.00. The molecule has 1 N–H and O–H groups in total. The number of rotatable bonds is 4. The average Bonchev–Trinajstić information content (AvgIpc) is 2.47. The van der Waals surface area contributed by atoms with Gasteiger partial charge in [-0.1, -0.05) is 13.3 Å². The van der Waals surface area contributed by atoms with Gasteiger partial charge in [-0.3, -0.25) is 0 Å². The maximum atomic E-state index is 4.11. The molecule has 0 aromatic heterocycles. The van der Waals surface area contributed by atoms with Gasteiger partial charge in [-0.25, -0.2) is 0 Å². The van der Waals surface area contributed by atoms with Crippen molar-refractivity contribution >= 4 is 0 Å². The van der Waals surface area contributed by atoms with Gasteiger partial charge in [0.2, 0.25) is 0 Å². The van der Waals surface area contributed by atoms with Crippen molar-refractivity contribution in [3.63, 3.8) is 0 Å². The number of piperidine rings is 2. The van der Waals surface area contributed by atoms with Crippen LogP contribution in [0.15, 0.2) is 0 Å². The van der Waals surface area contributed by atoms with Crippen molar-refractivity contribution in [1.82, 2.24) is 15.1 Å². The van der Waals surface area contributed by atoms with Gasteiger partial charge in [0.25, 0.3) is 0 Å². The van der Waals surface area contributed by atoms with E-state index in [1.54, 1.807) is 0 Å². The molecule has 0 aromatic rings. The number of hydrogen-bond acceptors (Lipinski definition) is 3. The van der Waals surface area contributed by atoms with Crippen LogP contribution in [0.1, 0.15) is 52.9 Å². The first-order valence-corrected chi connectivity index (χ1v) is 9.39. The van der Waals surface area contributed by atoms with Gasteiger partial charge in [0.1, 0.15) is 0 Å². The van der Waals surface area contributed by atoms with E-state index in [1.807, 2.05) is 0 Å². The minimum Gasteiger partial charge on any atom is -0.310 e. The largest absolute Gasteiger partial charge is 0.310 e. The van der Waals surface area contributed by atoms with Gasteiger partial charge < -0.3 is 15.1 Å². The van der Waals surface area contributed by atoms with E-state index in [0.29, 0.717) is 0 Å². The molecule has 1 saturated carbocycles. The molecule has 3 aliphatic rings. The second-order valence-electron chi connectivity index (χ2n) is 7.90. The zero-order chi connectivity index (χ0) is 14.8. The van der Waals surface area contributed by atoms with E-state index >= 15 is 0 Å². The molecule has 21 heavy (non-hydrogen) atoms. The van der Waals surface area contributed by atoms with Crippen LogP contribution in [0.4, 0.5) is 0 Å². The van der Waals surface area contributed by atoms with Gasteiger partial charge in [-0.2, -0.15) is 0 Å². The summed E-state index contributed by atoms with van der Waals surface area (Å²) in [5.41, 5.74) is 0. The van der Waals surface area contributed by atoms with Crippen molar-refractivity contribution in [2.24, 2.45) is 11.8 Å². The van der Waals surface area contributed by atoms with Crippen LogP contribution < -0.4 is 5.32 Å². The lowest BCUT2D eigenvalue weighted by atomic mass is 9.72. The van der Waals surface area contributed by atoms with Gasteiger partial charge in [-0.05, 0) is 71.0 Å². The minimum atomic E-state index is 0.724. The molecular weight excluding hydrogens is 258 g/mol. The van der Waals surface area contributed by atoms with Crippen molar-refractivity contribution in [2.75, 3.05) is 32.7 Å². The zero-order valence-electron chi connectivity index (χ0n) is 14.4. The van der Waals surface area contributed by atoms with Crippen molar-refractivity contribution in [3.05, 3.63) is 0 Å². The highest BCUT2D eigenvalue weighted by molar-refractivity contribution is 4.97. The minimum absolute atomic E-state index is 0.724. The van der Waals surface area contributed by atoms with E-state index in [0.717, 1.165) is 30.0 Å². The van der Waals surface area contributed by atoms with Crippen LogP contribution in [-0.4, -0.2) is 60.6 Å². The Morgan fingerprint density at radius 3 is 2.14 bits per heavy atom. The van der Waals surface area contributed by atoms with Crippen LogP contribution in [0.5, 0.6) is 0 Å². The van der Waals surface area contributed by atoms with Gasteiger partial charge in [0, 0.05) is 31.2 Å². The van der Waals surface area contributed by atoms with Crippen LogP contribution in [0.2, 0.25) is 0 Å². The predicted octanol–water partition coefficient (Wildman–Crippen LogP) is 2.57. The Balaban J connectivity index is 1.56. The van der Waals surface area contributed by atoms with E-state index in [2.05, 4.69) is 35.9 Å². The molecular formula is C18H35N3. The van der Waals surface area contributed by atoms with E-state index in [-0.39, 0.29) is 0 Å². The number of nitrogens with one attached hydrogen (secondary N) is 1. The van der Waals surface area contributed by atoms with E-state index < -0.39 is 0 Å². The van der Waals surface area contributed by atoms with Crippen LogP contribution in [0.25, 0.3) is 0 Å². The third kappa shape index (κ3) is 3.62. The topological polar surface area (TPSA) is 18.5 Å². The van der Waals surface area contributed by atoms with E-state index in [9.17, 15) is 0 Å². The number of likely N-dealkylation sites (tertiary alicyclic amines) is 2. The molecule has 0 radical (unpaired) electrons. The molecule has 2 saturated heterocycles. The fourth-order valence-corrected chi connectivity index (χ4v) is 4.85. The smallest absolute Gasteiger partial charge is 0.0151 e. The third-order valence-corrected chi connectivity index (χ3v) is 6.30. The molecule has 3 heteroatoms. The molecule has 2 unspecified atom stereocenters. The highest BCUT2D eigenvalue weighted by atomic mass is 15.2. The Kier molecular flexibility index (Phi) is 5.23. The molecule has 3 nitrogen and oxygen atoms in total. The highest BCUT2D eigenvalue weighted by Gasteiger charge is 2.40. The molecule has 0 amide bonds. The van der Waals surface area contributed by atoms with Crippen LogP contribution in [0.3, 0.4) is 0 Å². The standard InChI is InChI=1S/C18H35N3/c1-4-20-10-8-17(9-11-20)19-18-15-6-5-7-16(18)13-21(12-15)14(2)3/h14-19H,4-13H2,1-3H3. The van der Waals surface area contributed by atoms with Crippen molar-refractivity contribution in [3.8, 4) is 0 Å². The van der Waals surface area contributed by atoms with Crippen LogP contribution in [0, 0.1) is 11.8 Å². The highest BCUT2D eigenvalue weighted by Crippen LogP contribution is 2.36. The maximum absolute atomic E-state index is 4.11. The van der Waals surface area contributed by atoms with Gasteiger partial charge in [0.15, 0.2) is 0 Å². The molecule has 2 atom stereocenters. The average molecular weight is 293 g/mol. The molecule has 0 aromatic carbocycles. The summed E-state index contributed by atoms with van der Waals surface area (Å²) in [5, 5.41) is 4.11. The molecule has 3 rings (SSSR count).